The quantitative estimate of drug-likeness (QED) is 0.313. The Kier molecular flexibility index (Phi) is 7.95. The lowest BCUT2D eigenvalue weighted by Gasteiger charge is -2.05. The molecule has 1 aromatic heterocycles. The Morgan fingerprint density at radius 2 is 1.91 bits per heavy atom. The van der Waals surface area contributed by atoms with Gasteiger partial charge in [-0.25, -0.2) is 8.42 Å². The van der Waals surface area contributed by atoms with Crippen LogP contribution in [0.3, 0.4) is 0 Å². The van der Waals surface area contributed by atoms with Crippen LogP contribution in [0.4, 0.5) is 5.69 Å². The number of sulfone groups is 1. The van der Waals surface area contributed by atoms with E-state index in [4.69, 9.17) is 9.47 Å². The first-order chi connectivity index (χ1) is 15.7. The van der Waals surface area contributed by atoms with Crippen molar-refractivity contribution in [3.8, 4) is 5.75 Å². The summed E-state index contributed by atoms with van der Waals surface area (Å²) in [5.74, 6) is -0.103. The highest BCUT2D eigenvalue weighted by molar-refractivity contribution is 7.91. The summed E-state index contributed by atoms with van der Waals surface area (Å²) in [6.07, 6.45) is 0.0686. The summed E-state index contributed by atoms with van der Waals surface area (Å²) in [4.78, 5) is 27.7. The van der Waals surface area contributed by atoms with Crippen LogP contribution in [0.25, 0.3) is 10.2 Å². The molecule has 0 radical (unpaired) electrons. The molecule has 0 fully saturated rings. The van der Waals surface area contributed by atoms with Gasteiger partial charge in [-0.3, -0.25) is 14.9 Å². The predicted molar refractivity (Wildman–Crippen MR) is 123 cm³/mol. The van der Waals surface area contributed by atoms with Crippen LogP contribution < -0.4 is 9.54 Å². The zero-order chi connectivity index (χ0) is 24.0. The molecule has 0 aliphatic heterocycles. The largest absolute Gasteiger partial charge is 0.497 e. The fourth-order valence-electron chi connectivity index (χ4n) is 3.14. The summed E-state index contributed by atoms with van der Waals surface area (Å²) in [6, 6.07) is 10.5. The molecule has 12 heteroatoms. The number of methoxy groups -OCH3 is 2. The molecule has 1 amide bonds. The van der Waals surface area contributed by atoms with Crippen LogP contribution in [0.15, 0.2) is 52.4 Å². The third kappa shape index (κ3) is 6.03. The minimum atomic E-state index is -3.54. The number of hydrogen-bond donors (Lipinski definition) is 0. The zero-order valence-corrected chi connectivity index (χ0v) is 19.7. The van der Waals surface area contributed by atoms with E-state index in [0.29, 0.717) is 33.9 Å². The number of nitrogens with zero attached hydrogens (tertiary/aromatic N) is 3. The highest BCUT2D eigenvalue weighted by atomic mass is 32.2. The summed E-state index contributed by atoms with van der Waals surface area (Å²) in [6.45, 7) is 0.774. The van der Waals surface area contributed by atoms with Crippen molar-refractivity contribution in [2.24, 2.45) is 4.99 Å². The molecule has 0 atom stereocenters. The van der Waals surface area contributed by atoms with E-state index >= 15 is 0 Å². The number of carbonyl (C=O) groups excluding carboxylic acids is 1. The lowest BCUT2D eigenvalue weighted by Crippen LogP contribution is -2.19. The van der Waals surface area contributed by atoms with E-state index in [1.165, 1.54) is 31.4 Å². The summed E-state index contributed by atoms with van der Waals surface area (Å²) in [5, 5.41) is 11.1. The first-order valence-corrected chi connectivity index (χ1v) is 12.4. The van der Waals surface area contributed by atoms with Gasteiger partial charge >= 0.3 is 0 Å². The maximum absolute atomic E-state index is 12.5. The number of non-ortho nitro benzene ring substituents is 1. The fraction of sp³-hybridized carbons (Fsp3) is 0.333. The van der Waals surface area contributed by atoms with E-state index in [-0.39, 0.29) is 29.2 Å². The van der Waals surface area contributed by atoms with Gasteiger partial charge in [0.05, 0.1) is 39.5 Å². The first kappa shape index (κ1) is 24.6. The van der Waals surface area contributed by atoms with Crippen molar-refractivity contribution in [2.45, 2.75) is 24.3 Å². The van der Waals surface area contributed by atoms with Crippen LogP contribution in [0, 0.1) is 10.1 Å². The number of carbonyl (C=O) groups is 1. The zero-order valence-electron chi connectivity index (χ0n) is 18.1. The van der Waals surface area contributed by atoms with Gasteiger partial charge in [0.1, 0.15) is 5.75 Å². The van der Waals surface area contributed by atoms with E-state index in [9.17, 15) is 23.3 Å². The van der Waals surface area contributed by atoms with Crippen LogP contribution in [0.1, 0.15) is 12.8 Å². The van der Waals surface area contributed by atoms with Gasteiger partial charge in [-0.2, -0.15) is 4.99 Å². The van der Waals surface area contributed by atoms with Gasteiger partial charge in [-0.15, -0.1) is 0 Å². The summed E-state index contributed by atoms with van der Waals surface area (Å²) < 4.78 is 37.5. The van der Waals surface area contributed by atoms with Gasteiger partial charge in [0, 0.05) is 32.2 Å². The van der Waals surface area contributed by atoms with Gasteiger partial charge in [0.15, 0.2) is 14.6 Å². The molecule has 33 heavy (non-hydrogen) atoms. The molecular formula is C21H23N3O7S2. The maximum atomic E-state index is 12.5. The second-order valence-corrected chi connectivity index (χ2v) is 10.2. The maximum Gasteiger partial charge on any atom is 0.270 e. The third-order valence-electron chi connectivity index (χ3n) is 4.84. The number of nitro groups is 1. The van der Waals surface area contributed by atoms with Crippen molar-refractivity contribution in [3.05, 3.63) is 57.4 Å². The van der Waals surface area contributed by atoms with E-state index in [2.05, 4.69) is 4.99 Å². The number of rotatable bonds is 10. The van der Waals surface area contributed by atoms with Gasteiger partial charge in [0.2, 0.25) is 5.91 Å². The Bertz CT molecular complexity index is 1330. The third-order valence-corrected chi connectivity index (χ3v) is 7.70. The lowest BCUT2D eigenvalue weighted by atomic mass is 10.3. The second kappa shape index (κ2) is 10.7. The van der Waals surface area contributed by atoms with Crippen molar-refractivity contribution < 1.29 is 27.6 Å². The average Bonchev–Trinajstić information content (AvgIpc) is 3.13. The monoisotopic (exact) mass is 493 g/mol. The summed E-state index contributed by atoms with van der Waals surface area (Å²) >= 11 is 1.16. The smallest absolute Gasteiger partial charge is 0.270 e. The second-order valence-electron chi connectivity index (χ2n) is 7.04. The Balaban J connectivity index is 1.76. The molecule has 2 aromatic carbocycles. The Hall–Kier alpha value is -3.09. The van der Waals surface area contributed by atoms with Crippen LogP contribution in [0.5, 0.6) is 5.75 Å². The molecule has 0 N–H and O–H groups in total. The van der Waals surface area contributed by atoms with Gasteiger partial charge in [-0.1, -0.05) is 11.3 Å². The number of aromatic nitrogens is 1. The topological polar surface area (TPSA) is 130 Å². The standard InChI is InChI=1S/C21H23N3O7S2/c1-30-12-11-23-18-10-5-15(24(26)27)14-19(18)32-21(23)22-20(25)4-3-13-33(28,29)17-8-6-16(31-2)7-9-17/h5-10,14H,3-4,11-13H2,1-2H3. The molecule has 3 aromatic rings. The predicted octanol–water partition coefficient (Wildman–Crippen LogP) is 2.95. The minimum Gasteiger partial charge on any atom is -0.497 e. The molecule has 0 aliphatic carbocycles. The lowest BCUT2D eigenvalue weighted by molar-refractivity contribution is -0.384. The van der Waals surface area contributed by atoms with Crippen molar-refractivity contribution in [1.29, 1.82) is 0 Å². The van der Waals surface area contributed by atoms with Crippen molar-refractivity contribution >= 4 is 43.0 Å². The molecule has 0 aliphatic rings. The molecular weight excluding hydrogens is 470 g/mol. The number of ether oxygens (including phenoxy) is 2. The normalized spacial score (nSPS) is 12.2. The Labute approximate surface area is 194 Å². The van der Waals surface area contributed by atoms with Crippen LogP contribution in [0.2, 0.25) is 0 Å². The molecule has 1 heterocycles. The summed E-state index contributed by atoms with van der Waals surface area (Å²) in [5.41, 5.74) is 0.653. The molecule has 0 spiro atoms. The van der Waals surface area contributed by atoms with Crippen LogP contribution >= 0.6 is 11.3 Å². The fourth-order valence-corrected chi connectivity index (χ4v) is 5.55. The Morgan fingerprint density at radius 1 is 1.18 bits per heavy atom. The van der Waals surface area contributed by atoms with Gasteiger partial charge in [0.25, 0.3) is 5.69 Å². The van der Waals surface area contributed by atoms with Crippen molar-refractivity contribution in [1.82, 2.24) is 4.57 Å². The van der Waals surface area contributed by atoms with Gasteiger partial charge in [-0.05, 0) is 36.8 Å². The van der Waals surface area contributed by atoms with E-state index in [0.717, 1.165) is 11.3 Å². The molecule has 176 valence electrons. The molecule has 0 bridgehead atoms. The Morgan fingerprint density at radius 3 is 2.55 bits per heavy atom. The number of fused-ring (bicyclic) bond motifs is 1. The number of thiazole rings is 1. The average molecular weight is 494 g/mol. The molecule has 0 unspecified atom stereocenters. The number of amides is 1. The number of benzene rings is 2. The molecule has 0 saturated heterocycles. The van der Waals surface area contributed by atoms with Crippen LogP contribution in [-0.4, -0.2) is 50.4 Å². The highest BCUT2D eigenvalue weighted by Crippen LogP contribution is 2.23. The van der Waals surface area contributed by atoms with Gasteiger partial charge < -0.3 is 14.0 Å². The molecule has 10 nitrogen and oxygen atoms in total. The summed E-state index contributed by atoms with van der Waals surface area (Å²) in [7, 11) is -0.498. The van der Waals surface area contributed by atoms with E-state index in [1.54, 1.807) is 29.9 Å². The number of nitro benzene ring substituents is 1. The van der Waals surface area contributed by atoms with Crippen molar-refractivity contribution in [2.75, 3.05) is 26.6 Å². The minimum absolute atomic E-state index is 0.0476. The van der Waals surface area contributed by atoms with E-state index < -0.39 is 20.7 Å². The highest BCUT2D eigenvalue weighted by Gasteiger charge is 2.16. The van der Waals surface area contributed by atoms with E-state index in [1.807, 2.05) is 0 Å². The van der Waals surface area contributed by atoms with Crippen LogP contribution in [-0.2, 0) is 25.9 Å². The molecule has 3 rings (SSSR count). The SMILES string of the molecule is COCCn1c(=NC(=O)CCCS(=O)(=O)c2ccc(OC)cc2)sc2cc([N+](=O)[O-])ccc21. The number of hydrogen-bond acceptors (Lipinski definition) is 8. The first-order valence-electron chi connectivity index (χ1n) is 9.96. The molecule has 0 saturated carbocycles. The van der Waals surface area contributed by atoms with Crippen molar-refractivity contribution in [3.63, 3.8) is 0 Å².